The van der Waals surface area contributed by atoms with E-state index < -0.39 is 0 Å². The lowest BCUT2D eigenvalue weighted by atomic mass is 10.1. The summed E-state index contributed by atoms with van der Waals surface area (Å²) in [7, 11) is 0. The van der Waals surface area contributed by atoms with E-state index in [9.17, 15) is 0 Å². The smallest absolute Gasteiger partial charge is 0.0634 e. The zero-order chi connectivity index (χ0) is 14.0. The largest absolute Gasteiger partial charge is 0.377 e. The van der Waals surface area contributed by atoms with Crippen LogP contribution in [0.25, 0.3) is 0 Å². The van der Waals surface area contributed by atoms with Crippen LogP contribution in [0.15, 0.2) is 49.8 Å². The van der Waals surface area contributed by atoms with Crippen LogP contribution < -0.4 is 5.32 Å². The van der Waals surface area contributed by atoms with Crippen molar-refractivity contribution in [2.75, 3.05) is 5.32 Å². The third-order valence-corrected chi connectivity index (χ3v) is 4.66. The van der Waals surface area contributed by atoms with Crippen molar-refractivity contribution in [3.05, 3.63) is 60.4 Å². The number of nitrogens with one attached hydrogen (secondary N) is 1. The molecule has 2 aromatic carbocycles. The van der Waals surface area contributed by atoms with E-state index in [4.69, 9.17) is 11.6 Å². The van der Waals surface area contributed by atoms with E-state index in [1.54, 1.807) is 0 Å². The van der Waals surface area contributed by atoms with Crippen molar-refractivity contribution in [1.29, 1.82) is 0 Å². The van der Waals surface area contributed by atoms with E-state index in [0.717, 1.165) is 29.7 Å². The van der Waals surface area contributed by atoms with Gasteiger partial charge < -0.3 is 5.32 Å². The van der Waals surface area contributed by atoms with Gasteiger partial charge in [0.15, 0.2) is 0 Å². The van der Waals surface area contributed by atoms with Gasteiger partial charge in [0.05, 0.1) is 5.69 Å². The first-order valence-electron chi connectivity index (χ1n) is 5.64. The predicted octanol–water partition coefficient (Wildman–Crippen LogP) is 6.80. The molecule has 1 unspecified atom stereocenters. The topological polar surface area (TPSA) is 12.0 Å². The molecule has 0 aliphatic heterocycles. The molecule has 1 atom stereocenters. The maximum absolute atomic E-state index is 6.02. The molecule has 19 heavy (non-hydrogen) atoms. The molecule has 0 saturated carbocycles. The Morgan fingerprint density at radius 3 is 2.26 bits per heavy atom. The Bertz CT molecular complexity index is 578. The SMILES string of the molecule is CC(Nc1c(Br)cc(Br)cc1Br)c1cccc(Cl)c1. The predicted molar refractivity (Wildman–Crippen MR) is 93.0 cm³/mol. The minimum atomic E-state index is 0.160. The number of rotatable bonds is 3. The molecule has 0 aromatic heterocycles. The highest BCUT2D eigenvalue weighted by molar-refractivity contribution is 9.11. The van der Waals surface area contributed by atoms with E-state index in [1.807, 2.05) is 30.3 Å². The van der Waals surface area contributed by atoms with Crippen LogP contribution in [0.3, 0.4) is 0 Å². The summed E-state index contributed by atoms with van der Waals surface area (Å²) in [6, 6.07) is 12.1. The highest BCUT2D eigenvalue weighted by atomic mass is 79.9. The molecule has 1 nitrogen and oxygen atoms in total. The van der Waals surface area contributed by atoms with Crippen LogP contribution in [0.4, 0.5) is 5.69 Å². The Morgan fingerprint density at radius 1 is 1.05 bits per heavy atom. The number of anilines is 1. The molecular weight excluding hydrogens is 457 g/mol. The maximum atomic E-state index is 6.02. The van der Waals surface area contributed by atoms with Crippen LogP contribution in [0.5, 0.6) is 0 Å². The molecular formula is C14H11Br3ClN. The molecule has 1 N–H and O–H groups in total. The fourth-order valence-electron chi connectivity index (χ4n) is 1.76. The van der Waals surface area contributed by atoms with Crippen molar-refractivity contribution < 1.29 is 0 Å². The quantitative estimate of drug-likeness (QED) is 0.523. The molecule has 0 aliphatic rings. The minimum Gasteiger partial charge on any atom is -0.377 e. The van der Waals surface area contributed by atoms with Crippen molar-refractivity contribution in [3.63, 3.8) is 0 Å². The lowest BCUT2D eigenvalue weighted by Gasteiger charge is -2.18. The molecule has 0 fully saturated rings. The Morgan fingerprint density at radius 2 is 1.68 bits per heavy atom. The van der Waals surface area contributed by atoms with Gasteiger partial charge in [0.2, 0.25) is 0 Å². The van der Waals surface area contributed by atoms with Gasteiger partial charge in [-0.2, -0.15) is 0 Å². The zero-order valence-electron chi connectivity index (χ0n) is 10.1. The molecule has 0 heterocycles. The van der Waals surface area contributed by atoms with Gasteiger partial charge in [-0.15, -0.1) is 0 Å². The van der Waals surface area contributed by atoms with Crippen LogP contribution in [0, 0.1) is 0 Å². The lowest BCUT2D eigenvalue weighted by molar-refractivity contribution is 0.882. The van der Waals surface area contributed by atoms with Crippen molar-refractivity contribution in [2.24, 2.45) is 0 Å². The second kappa shape index (κ2) is 6.61. The standard InChI is InChI=1S/C14H11Br3ClN/c1-8(9-3-2-4-11(18)5-9)19-14-12(16)6-10(15)7-13(14)17/h2-8,19H,1H3. The third kappa shape index (κ3) is 3.97. The summed E-state index contributed by atoms with van der Waals surface area (Å²) in [4.78, 5) is 0. The van der Waals surface area contributed by atoms with E-state index in [1.165, 1.54) is 0 Å². The number of hydrogen-bond donors (Lipinski definition) is 1. The summed E-state index contributed by atoms with van der Waals surface area (Å²) in [5.41, 5.74) is 2.17. The Labute approximate surface area is 143 Å². The fourth-order valence-corrected chi connectivity index (χ4v) is 4.44. The van der Waals surface area contributed by atoms with Gasteiger partial charge in [0.1, 0.15) is 0 Å². The van der Waals surface area contributed by atoms with Gasteiger partial charge in [-0.05, 0) is 68.6 Å². The molecule has 0 spiro atoms. The van der Waals surface area contributed by atoms with E-state index in [0.29, 0.717) is 0 Å². The maximum Gasteiger partial charge on any atom is 0.0634 e. The average Bonchev–Trinajstić information content (AvgIpc) is 2.33. The van der Waals surface area contributed by atoms with E-state index in [2.05, 4.69) is 66.1 Å². The van der Waals surface area contributed by atoms with Gasteiger partial charge in [-0.1, -0.05) is 39.7 Å². The molecule has 100 valence electrons. The van der Waals surface area contributed by atoms with Crippen molar-refractivity contribution in [2.45, 2.75) is 13.0 Å². The fraction of sp³-hybridized carbons (Fsp3) is 0.143. The minimum absolute atomic E-state index is 0.160. The first-order valence-corrected chi connectivity index (χ1v) is 8.39. The second-order valence-electron chi connectivity index (χ2n) is 4.17. The molecule has 0 radical (unpaired) electrons. The molecule has 5 heteroatoms. The van der Waals surface area contributed by atoms with Gasteiger partial charge in [-0.25, -0.2) is 0 Å². The van der Waals surface area contributed by atoms with Gasteiger partial charge in [-0.3, -0.25) is 0 Å². The molecule has 0 amide bonds. The summed E-state index contributed by atoms with van der Waals surface area (Å²) in [5.74, 6) is 0. The summed E-state index contributed by atoms with van der Waals surface area (Å²) >= 11 is 16.6. The van der Waals surface area contributed by atoms with Crippen LogP contribution in [0.2, 0.25) is 5.02 Å². The number of hydrogen-bond acceptors (Lipinski definition) is 1. The Kier molecular flexibility index (Phi) is 5.35. The van der Waals surface area contributed by atoms with Gasteiger partial charge in [0.25, 0.3) is 0 Å². The second-order valence-corrected chi connectivity index (χ2v) is 7.23. The van der Waals surface area contributed by atoms with Crippen LogP contribution in [0.1, 0.15) is 18.5 Å². The van der Waals surface area contributed by atoms with Crippen molar-refractivity contribution in [1.82, 2.24) is 0 Å². The average molecular weight is 468 g/mol. The van der Waals surface area contributed by atoms with Crippen LogP contribution in [-0.4, -0.2) is 0 Å². The zero-order valence-corrected chi connectivity index (χ0v) is 15.6. The number of benzene rings is 2. The third-order valence-electron chi connectivity index (χ3n) is 2.72. The van der Waals surface area contributed by atoms with Crippen molar-refractivity contribution >= 4 is 65.1 Å². The molecule has 0 bridgehead atoms. The van der Waals surface area contributed by atoms with Gasteiger partial charge >= 0.3 is 0 Å². The molecule has 0 aliphatic carbocycles. The summed E-state index contributed by atoms with van der Waals surface area (Å²) in [6.07, 6.45) is 0. The van der Waals surface area contributed by atoms with Crippen molar-refractivity contribution in [3.8, 4) is 0 Å². The Balaban J connectivity index is 2.26. The normalized spacial score (nSPS) is 12.3. The molecule has 2 rings (SSSR count). The molecule has 0 saturated heterocycles. The number of halogens is 4. The monoisotopic (exact) mass is 465 g/mol. The van der Waals surface area contributed by atoms with E-state index >= 15 is 0 Å². The first kappa shape index (κ1) is 15.4. The highest BCUT2D eigenvalue weighted by Crippen LogP contribution is 2.36. The first-order chi connectivity index (χ1) is 8.97. The van der Waals surface area contributed by atoms with Crippen LogP contribution in [-0.2, 0) is 0 Å². The highest BCUT2D eigenvalue weighted by Gasteiger charge is 2.11. The molecule has 2 aromatic rings. The van der Waals surface area contributed by atoms with Gasteiger partial charge in [0, 0.05) is 24.5 Å². The summed E-state index contributed by atoms with van der Waals surface area (Å²) in [6.45, 7) is 2.10. The van der Waals surface area contributed by atoms with E-state index in [-0.39, 0.29) is 6.04 Å². The summed E-state index contributed by atoms with van der Waals surface area (Å²) in [5, 5.41) is 4.23. The van der Waals surface area contributed by atoms with Crippen LogP contribution >= 0.6 is 59.4 Å². The summed E-state index contributed by atoms with van der Waals surface area (Å²) < 4.78 is 3.03. The Hall–Kier alpha value is -0.0300. The lowest BCUT2D eigenvalue weighted by Crippen LogP contribution is -2.07.